The van der Waals surface area contributed by atoms with Crippen LogP contribution in [0.15, 0.2) is 0 Å². The summed E-state index contributed by atoms with van der Waals surface area (Å²) in [6, 6.07) is 0. The molecule has 0 aromatic rings. The summed E-state index contributed by atoms with van der Waals surface area (Å²) in [5.74, 6) is 0.0143. The van der Waals surface area contributed by atoms with Crippen molar-refractivity contribution < 1.29 is 14.6 Å². The van der Waals surface area contributed by atoms with E-state index in [0.29, 0.717) is 26.1 Å². The van der Waals surface area contributed by atoms with Crippen LogP contribution >= 0.6 is 0 Å². The standard InChI is InChI=1S/C14H30N2O3/c1-13(2,3)16-12(18)7-8-15-9-11(17)10-19-14(4,5)6/h11,15,17H,7-10H2,1-6H3,(H,16,18). The summed E-state index contributed by atoms with van der Waals surface area (Å²) in [5, 5.41) is 15.6. The van der Waals surface area contributed by atoms with Crippen molar-refractivity contribution >= 4 is 5.91 Å². The first-order valence-corrected chi connectivity index (χ1v) is 6.83. The molecular weight excluding hydrogens is 244 g/mol. The zero-order chi connectivity index (χ0) is 15.1. The minimum Gasteiger partial charge on any atom is -0.389 e. The van der Waals surface area contributed by atoms with Crippen molar-refractivity contribution in [3.8, 4) is 0 Å². The molecule has 0 fully saturated rings. The molecule has 5 nitrogen and oxygen atoms in total. The Labute approximate surface area is 117 Å². The van der Waals surface area contributed by atoms with Gasteiger partial charge in [-0.3, -0.25) is 4.79 Å². The van der Waals surface area contributed by atoms with Gasteiger partial charge >= 0.3 is 0 Å². The largest absolute Gasteiger partial charge is 0.389 e. The fourth-order valence-electron chi connectivity index (χ4n) is 1.36. The minimum atomic E-state index is -0.551. The molecule has 0 rings (SSSR count). The van der Waals surface area contributed by atoms with Crippen LogP contribution in [0, 0.1) is 0 Å². The highest BCUT2D eigenvalue weighted by Gasteiger charge is 2.14. The number of aliphatic hydroxyl groups is 1. The van der Waals surface area contributed by atoms with Crippen LogP contribution < -0.4 is 10.6 Å². The molecule has 1 atom stereocenters. The molecule has 0 spiro atoms. The molecule has 0 aliphatic heterocycles. The monoisotopic (exact) mass is 274 g/mol. The van der Waals surface area contributed by atoms with Gasteiger partial charge in [0.25, 0.3) is 0 Å². The Hall–Kier alpha value is -0.650. The molecule has 1 unspecified atom stereocenters. The molecule has 0 heterocycles. The third kappa shape index (κ3) is 13.6. The SMILES string of the molecule is CC(C)(C)NC(=O)CCNCC(O)COC(C)(C)C. The second kappa shape index (κ2) is 7.82. The lowest BCUT2D eigenvalue weighted by molar-refractivity contribution is -0.122. The molecule has 5 heteroatoms. The maximum absolute atomic E-state index is 11.5. The van der Waals surface area contributed by atoms with Crippen molar-refractivity contribution in [2.75, 3.05) is 19.7 Å². The van der Waals surface area contributed by atoms with E-state index < -0.39 is 6.10 Å². The van der Waals surface area contributed by atoms with Gasteiger partial charge in [-0.15, -0.1) is 0 Å². The van der Waals surface area contributed by atoms with Crippen LogP contribution in [0.4, 0.5) is 0 Å². The summed E-state index contributed by atoms with van der Waals surface area (Å²) in [6.45, 7) is 13.0. The van der Waals surface area contributed by atoms with E-state index in [0.717, 1.165) is 0 Å². The van der Waals surface area contributed by atoms with Gasteiger partial charge in [0.2, 0.25) is 5.91 Å². The Morgan fingerprint density at radius 1 is 1.21 bits per heavy atom. The van der Waals surface area contributed by atoms with Crippen LogP contribution in [0.3, 0.4) is 0 Å². The molecule has 0 radical (unpaired) electrons. The zero-order valence-corrected chi connectivity index (χ0v) is 13.2. The molecule has 0 aromatic heterocycles. The Bertz CT molecular complexity index is 267. The van der Waals surface area contributed by atoms with E-state index in [9.17, 15) is 9.90 Å². The third-order valence-electron chi connectivity index (χ3n) is 2.13. The van der Waals surface area contributed by atoms with Gasteiger partial charge in [0.05, 0.1) is 18.3 Å². The quantitative estimate of drug-likeness (QED) is 0.607. The minimum absolute atomic E-state index is 0.0143. The summed E-state index contributed by atoms with van der Waals surface area (Å²) in [4.78, 5) is 11.5. The Morgan fingerprint density at radius 2 is 1.79 bits per heavy atom. The van der Waals surface area contributed by atoms with Crippen LogP contribution in [0.5, 0.6) is 0 Å². The second-order valence-electron chi connectivity index (χ2n) is 6.83. The number of hydrogen-bond donors (Lipinski definition) is 3. The second-order valence-corrected chi connectivity index (χ2v) is 6.83. The molecule has 0 saturated carbocycles. The van der Waals surface area contributed by atoms with Crippen LogP contribution in [0.2, 0.25) is 0 Å². The number of amides is 1. The van der Waals surface area contributed by atoms with E-state index >= 15 is 0 Å². The number of ether oxygens (including phenoxy) is 1. The summed E-state index contributed by atoms with van der Waals surface area (Å²) in [5.41, 5.74) is -0.440. The molecule has 3 N–H and O–H groups in total. The molecule has 0 saturated heterocycles. The summed E-state index contributed by atoms with van der Waals surface area (Å²) < 4.78 is 5.47. The molecular formula is C14H30N2O3. The van der Waals surface area contributed by atoms with Crippen LogP contribution in [0.25, 0.3) is 0 Å². The highest BCUT2D eigenvalue weighted by molar-refractivity contribution is 5.76. The molecule has 1 amide bonds. The summed E-state index contributed by atoms with van der Waals surface area (Å²) in [6.07, 6.45) is -0.144. The molecule has 0 bridgehead atoms. The Balaban J connectivity index is 3.61. The normalized spacial score (nSPS) is 14.3. The number of nitrogens with one attached hydrogen (secondary N) is 2. The highest BCUT2D eigenvalue weighted by Crippen LogP contribution is 2.06. The average molecular weight is 274 g/mol. The Kier molecular flexibility index (Phi) is 7.55. The lowest BCUT2D eigenvalue weighted by Gasteiger charge is -2.22. The topological polar surface area (TPSA) is 70.6 Å². The van der Waals surface area contributed by atoms with Crippen molar-refractivity contribution in [2.45, 2.75) is 65.2 Å². The van der Waals surface area contributed by atoms with E-state index in [-0.39, 0.29) is 17.0 Å². The van der Waals surface area contributed by atoms with Crippen LogP contribution in [0.1, 0.15) is 48.0 Å². The average Bonchev–Trinajstić information content (AvgIpc) is 2.18. The van der Waals surface area contributed by atoms with Crippen molar-refractivity contribution in [3.05, 3.63) is 0 Å². The Morgan fingerprint density at radius 3 is 2.26 bits per heavy atom. The summed E-state index contributed by atoms with van der Waals surface area (Å²) >= 11 is 0. The van der Waals surface area contributed by atoms with Crippen molar-refractivity contribution in [1.29, 1.82) is 0 Å². The highest BCUT2D eigenvalue weighted by atomic mass is 16.5. The van der Waals surface area contributed by atoms with Crippen molar-refractivity contribution in [1.82, 2.24) is 10.6 Å². The fourth-order valence-corrected chi connectivity index (χ4v) is 1.36. The zero-order valence-electron chi connectivity index (χ0n) is 13.2. The number of carbonyl (C=O) groups excluding carboxylic acids is 1. The number of hydrogen-bond acceptors (Lipinski definition) is 4. The smallest absolute Gasteiger partial charge is 0.221 e. The molecule has 0 aromatic carbocycles. The lowest BCUT2D eigenvalue weighted by atomic mass is 10.1. The van der Waals surface area contributed by atoms with Crippen molar-refractivity contribution in [2.24, 2.45) is 0 Å². The first-order chi connectivity index (χ1) is 8.49. The molecule has 0 aliphatic carbocycles. The van der Waals surface area contributed by atoms with Crippen LogP contribution in [-0.4, -0.2) is 48.0 Å². The first kappa shape index (κ1) is 18.4. The van der Waals surface area contributed by atoms with Gasteiger partial charge in [0.1, 0.15) is 0 Å². The van der Waals surface area contributed by atoms with E-state index in [1.807, 2.05) is 41.5 Å². The predicted molar refractivity (Wildman–Crippen MR) is 77.1 cm³/mol. The van der Waals surface area contributed by atoms with Gasteiger partial charge in [-0.25, -0.2) is 0 Å². The third-order valence-corrected chi connectivity index (χ3v) is 2.13. The lowest BCUT2D eigenvalue weighted by Crippen LogP contribution is -2.42. The fraction of sp³-hybridized carbons (Fsp3) is 0.929. The molecule has 0 aliphatic rings. The van der Waals surface area contributed by atoms with Crippen molar-refractivity contribution in [3.63, 3.8) is 0 Å². The number of aliphatic hydroxyl groups excluding tert-OH is 1. The van der Waals surface area contributed by atoms with Crippen LogP contribution in [-0.2, 0) is 9.53 Å². The van der Waals surface area contributed by atoms with Gasteiger partial charge in [-0.05, 0) is 41.5 Å². The molecule has 114 valence electrons. The van der Waals surface area contributed by atoms with Gasteiger partial charge in [0.15, 0.2) is 0 Å². The van der Waals surface area contributed by atoms with Gasteiger partial charge < -0.3 is 20.5 Å². The number of rotatable bonds is 7. The van der Waals surface area contributed by atoms with Gasteiger partial charge in [-0.1, -0.05) is 0 Å². The van der Waals surface area contributed by atoms with Gasteiger partial charge in [0, 0.05) is 25.0 Å². The van der Waals surface area contributed by atoms with E-state index in [1.165, 1.54) is 0 Å². The maximum atomic E-state index is 11.5. The van der Waals surface area contributed by atoms with Gasteiger partial charge in [-0.2, -0.15) is 0 Å². The first-order valence-electron chi connectivity index (χ1n) is 6.83. The predicted octanol–water partition coefficient (Wildman–Crippen LogP) is 1.06. The number of carbonyl (C=O) groups is 1. The van der Waals surface area contributed by atoms with E-state index in [1.54, 1.807) is 0 Å². The van der Waals surface area contributed by atoms with E-state index in [2.05, 4.69) is 10.6 Å². The van der Waals surface area contributed by atoms with E-state index in [4.69, 9.17) is 4.74 Å². The maximum Gasteiger partial charge on any atom is 0.221 e. The summed E-state index contributed by atoms with van der Waals surface area (Å²) in [7, 11) is 0. The molecule has 19 heavy (non-hydrogen) atoms.